The van der Waals surface area contributed by atoms with Crippen molar-refractivity contribution in [3.63, 3.8) is 0 Å². The highest BCUT2D eigenvalue weighted by Crippen LogP contribution is 2.18. The largest absolute Gasteiger partial charge is 0.335 e. The van der Waals surface area contributed by atoms with Gasteiger partial charge in [-0.2, -0.15) is 11.8 Å². The Morgan fingerprint density at radius 2 is 2.08 bits per heavy atom. The number of urea groups is 1. The van der Waals surface area contributed by atoms with Gasteiger partial charge in [0.25, 0.3) is 0 Å². The molecule has 0 aliphatic heterocycles. The van der Waals surface area contributed by atoms with E-state index >= 15 is 0 Å². The van der Waals surface area contributed by atoms with Gasteiger partial charge in [-0.1, -0.05) is 0 Å². The SMILES string of the molecule is CS[C@H](C)C(=O)NC(=O)NC1CC1. The monoisotopic (exact) mass is 202 g/mol. The first-order valence-corrected chi connectivity index (χ1v) is 5.56. The molecule has 0 aromatic rings. The Labute approximate surface area is 81.8 Å². The Morgan fingerprint density at radius 3 is 2.54 bits per heavy atom. The van der Waals surface area contributed by atoms with Crippen LogP contribution in [0.5, 0.6) is 0 Å². The normalized spacial score (nSPS) is 17.7. The van der Waals surface area contributed by atoms with E-state index in [-0.39, 0.29) is 23.2 Å². The third-order valence-electron chi connectivity index (χ3n) is 1.87. The molecule has 3 amide bonds. The van der Waals surface area contributed by atoms with Crippen molar-refractivity contribution in [2.45, 2.75) is 31.1 Å². The molecule has 0 aromatic heterocycles. The van der Waals surface area contributed by atoms with Gasteiger partial charge < -0.3 is 5.32 Å². The van der Waals surface area contributed by atoms with Crippen molar-refractivity contribution >= 4 is 23.7 Å². The molecule has 0 unspecified atom stereocenters. The number of hydrogen-bond acceptors (Lipinski definition) is 3. The average molecular weight is 202 g/mol. The Morgan fingerprint density at radius 1 is 1.46 bits per heavy atom. The Bertz CT molecular complexity index is 216. The summed E-state index contributed by atoms with van der Waals surface area (Å²) in [7, 11) is 0. The Kier molecular flexibility index (Phi) is 3.59. The Balaban J connectivity index is 2.21. The molecule has 1 atom stereocenters. The molecule has 0 spiro atoms. The minimum atomic E-state index is -0.367. The van der Waals surface area contributed by atoms with E-state index in [1.54, 1.807) is 6.92 Å². The number of thioether (sulfide) groups is 1. The van der Waals surface area contributed by atoms with Gasteiger partial charge in [0.2, 0.25) is 5.91 Å². The minimum absolute atomic E-state index is 0.176. The summed E-state index contributed by atoms with van der Waals surface area (Å²) >= 11 is 1.42. The number of carbonyl (C=O) groups excluding carboxylic acids is 2. The van der Waals surface area contributed by atoms with Crippen molar-refractivity contribution in [3.05, 3.63) is 0 Å². The van der Waals surface area contributed by atoms with Gasteiger partial charge in [-0.3, -0.25) is 10.1 Å². The highest BCUT2D eigenvalue weighted by molar-refractivity contribution is 7.99. The summed E-state index contributed by atoms with van der Waals surface area (Å²) in [5.74, 6) is -0.231. The fourth-order valence-corrected chi connectivity index (χ4v) is 1.04. The fraction of sp³-hybridized carbons (Fsp3) is 0.750. The fourth-order valence-electron chi connectivity index (χ4n) is 0.770. The molecule has 2 N–H and O–H groups in total. The van der Waals surface area contributed by atoms with E-state index < -0.39 is 0 Å². The third kappa shape index (κ3) is 3.67. The van der Waals surface area contributed by atoms with Crippen LogP contribution in [0.1, 0.15) is 19.8 Å². The zero-order valence-corrected chi connectivity index (χ0v) is 8.61. The lowest BCUT2D eigenvalue weighted by Gasteiger charge is -2.08. The molecule has 0 aromatic carbocycles. The van der Waals surface area contributed by atoms with E-state index in [0.717, 1.165) is 12.8 Å². The predicted molar refractivity (Wildman–Crippen MR) is 52.7 cm³/mol. The molecule has 0 radical (unpaired) electrons. The smallest absolute Gasteiger partial charge is 0.321 e. The molecule has 0 bridgehead atoms. The third-order valence-corrected chi connectivity index (χ3v) is 2.79. The van der Waals surface area contributed by atoms with Crippen LogP contribution in [0.3, 0.4) is 0 Å². The molecule has 74 valence electrons. The van der Waals surface area contributed by atoms with E-state index in [0.29, 0.717) is 0 Å². The van der Waals surface area contributed by atoms with E-state index in [2.05, 4.69) is 10.6 Å². The van der Waals surface area contributed by atoms with Crippen LogP contribution in [0.25, 0.3) is 0 Å². The molecule has 13 heavy (non-hydrogen) atoms. The highest BCUT2D eigenvalue weighted by atomic mass is 32.2. The van der Waals surface area contributed by atoms with Gasteiger partial charge in [0.1, 0.15) is 0 Å². The standard InChI is InChI=1S/C8H14N2O2S/c1-5(13-2)7(11)10-8(12)9-6-3-4-6/h5-6H,3-4H2,1-2H3,(H2,9,10,11,12)/t5-/m1/s1. The van der Waals surface area contributed by atoms with Crippen molar-refractivity contribution < 1.29 is 9.59 Å². The summed E-state index contributed by atoms with van der Waals surface area (Å²) < 4.78 is 0. The molecule has 1 rings (SSSR count). The van der Waals surface area contributed by atoms with E-state index in [1.165, 1.54) is 11.8 Å². The number of carbonyl (C=O) groups is 2. The average Bonchev–Trinajstić information content (AvgIpc) is 2.86. The zero-order valence-electron chi connectivity index (χ0n) is 7.79. The number of rotatable bonds is 3. The quantitative estimate of drug-likeness (QED) is 0.709. The molecule has 1 fully saturated rings. The van der Waals surface area contributed by atoms with Crippen molar-refractivity contribution in [1.29, 1.82) is 0 Å². The number of nitrogens with one attached hydrogen (secondary N) is 2. The van der Waals surface area contributed by atoms with Crippen molar-refractivity contribution in [2.24, 2.45) is 0 Å². The molecule has 0 saturated heterocycles. The van der Waals surface area contributed by atoms with E-state index in [1.807, 2.05) is 6.26 Å². The van der Waals surface area contributed by atoms with Gasteiger partial charge >= 0.3 is 6.03 Å². The van der Waals surface area contributed by atoms with Gasteiger partial charge in [-0.05, 0) is 26.0 Å². The topological polar surface area (TPSA) is 58.2 Å². The molecule has 5 heteroatoms. The van der Waals surface area contributed by atoms with Gasteiger partial charge in [-0.15, -0.1) is 0 Å². The van der Waals surface area contributed by atoms with Gasteiger partial charge in [0, 0.05) is 6.04 Å². The maximum Gasteiger partial charge on any atom is 0.321 e. The van der Waals surface area contributed by atoms with Gasteiger partial charge in [0.15, 0.2) is 0 Å². The zero-order chi connectivity index (χ0) is 9.84. The van der Waals surface area contributed by atoms with E-state index in [9.17, 15) is 9.59 Å². The van der Waals surface area contributed by atoms with Crippen LogP contribution in [-0.4, -0.2) is 29.5 Å². The van der Waals surface area contributed by atoms with Crippen LogP contribution in [0.2, 0.25) is 0 Å². The minimum Gasteiger partial charge on any atom is -0.335 e. The van der Waals surface area contributed by atoms with Crippen LogP contribution in [0.4, 0.5) is 4.79 Å². The van der Waals surface area contributed by atoms with Crippen LogP contribution in [0, 0.1) is 0 Å². The summed E-state index contributed by atoms with van der Waals surface area (Å²) in [6.45, 7) is 1.77. The van der Waals surface area contributed by atoms with Crippen LogP contribution in [0.15, 0.2) is 0 Å². The van der Waals surface area contributed by atoms with Crippen LogP contribution < -0.4 is 10.6 Å². The van der Waals surface area contributed by atoms with Crippen molar-refractivity contribution in [1.82, 2.24) is 10.6 Å². The summed E-state index contributed by atoms with van der Waals surface area (Å²) in [5, 5.41) is 4.80. The lowest BCUT2D eigenvalue weighted by atomic mass is 10.4. The summed E-state index contributed by atoms with van der Waals surface area (Å²) in [6, 6.07) is -0.0780. The maximum absolute atomic E-state index is 11.2. The van der Waals surface area contributed by atoms with Gasteiger partial charge in [-0.25, -0.2) is 4.79 Å². The van der Waals surface area contributed by atoms with E-state index in [4.69, 9.17) is 0 Å². The van der Waals surface area contributed by atoms with Crippen LogP contribution >= 0.6 is 11.8 Å². The van der Waals surface area contributed by atoms with Gasteiger partial charge in [0.05, 0.1) is 5.25 Å². The second-order valence-electron chi connectivity index (χ2n) is 3.11. The van der Waals surface area contributed by atoms with Crippen molar-refractivity contribution in [2.75, 3.05) is 6.26 Å². The first-order valence-electron chi connectivity index (χ1n) is 4.27. The first kappa shape index (κ1) is 10.4. The Hall–Kier alpha value is -0.710. The van der Waals surface area contributed by atoms with Crippen LogP contribution in [-0.2, 0) is 4.79 Å². The highest BCUT2D eigenvalue weighted by Gasteiger charge is 2.24. The summed E-state index contributed by atoms with van der Waals surface area (Å²) in [5.41, 5.74) is 0. The molecular formula is C8H14N2O2S. The molecule has 1 aliphatic carbocycles. The summed E-state index contributed by atoms with van der Waals surface area (Å²) in [4.78, 5) is 22.3. The molecule has 1 aliphatic rings. The number of hydrogen-bond donors (Lipinski definition) is 2. The molecule has 0 heterocycles. The number of amides is 3. The first-order chi connectivity index (χ1) is 6.13. The molecular weight excluding hydrogens is 188 g/mol. The van der Waals surface area contributed by atoms with Crippen molar-refractivity contribution in [3.8, 4) is 0 Å². The predicted octanol–water partition coefficient (Wildman–Crippen LogP) is 0.726. The lowest BCUT2D eigenvalue weighted by Crippen LogP contribution is -2.43. The maximum atomic E-state index is 11.2. The number of imide groups is 1. The summed E-state index contributed by atoms with van der Waals surface area (Å²) in [6.07, 6.45) is 3.89. The second-order valence-corrected chi connectivity index (χ2v) is 4.29. The molecule has 4 nitrogen and oxygen atoms in total. The second kappa shape index (κ2) is 4.50. The lowest BCUT2D eigenvalue weighted by molar-refractivity contribution is -0.119. The molecule has 1 saturated carbocycles.